The summed E-state index contributed by atoms with van der Waals surface area (Å²) in [6.07, 6.45) is 2.40. The van der Waals surface area contributed by atoms with E-state index in [9.17, 15) is 19.7 Å². The normalized spacial score (nSPS) is 15.0. The maximum absolute atomic E-state index is 13.4. The van der Waals surface area contributed by atoms with Gasteiger partial charge < -0.3 is 4.57 Å². The van der Waals surface area contributed by atoms with Crippen LogP contribution in [0.25, 0.3) is 11.8 Å². The third-order valence-corrected chi connectivity index (χ3v) is 6.41. The lowest BCUT2D eigenvalue weighted by Crippen LogP contribution is -2.54. The molecule has 2 heterocycles. The van der Waals surface area contributed by atoms with Crippen molar-refractivity contribution in [2.24, 2.45) is 0 Å². The standard InChI is InChI=1S/C26H24N4O4S/c1-5-18-7-10-20(11-8-18)29-25(32)22(24(31)27-26(29)35)13-19-12-16(3)28(17(19)4)21-9-6-15(2)23(14-21)30(33)34/h6-14H,5H2,1-4H3,(H,27,31,35). The summed E-state index contributed by atoms with van der Waals surface area (Å²) >= 11 is 5.29. The van der Waals surface area contributed by atoms with Crippen molar-refractivity contribution in [3.05, 3.63) is 92.3 Å². The van der Waals surface area contributed by atoms with E-state index in [0.717, 1.165) is 23.4 Å². The van der Waals surface area contributed by atoms with Crippen molar-refractivity contribution in [1.29, 1.82) is 0 Å². The van der Waals surface area contributed by atoms with Crippen molar-refractivity contribution in [1.82, 2.24) is 9.88 Å². The number of anilines is 1. The molecular weight excluding hydrogens is 464 g/mol. The van der Waals surface area contributed by atoms with Crippen LogP contribution in [-0.4, -0.2) is 26.4 Å². The Labute approximate surface area is 208 Å². The molecule has 1 aliphatic heterocycles. The third-order valence-electron chi connectivity index (χ3n) is 6.12. The van der Waals surface area contributed by atoms with E-state index in [0.29, 0.717) is 22.5 Å². The fourth-order valence-corrected chi connectivity index (χ4v) is 4.47. The van der Waals surface area contributed by atoms with E-state index in [-0.39, 0.29) is 16.4 Å². The number of aromatic nitrogens is 1. The number of amides is 2. The van der Waals surface area contributed by atoms with Gasteiger partial charge in [-0.25, -0.2) is 0 Å². The van der Waals surface area contributed by atoms with E-state index in [1.165, 1.54) is 17.0 Å². The van der Waals surface area contributed by atoms with Gasteiger partial charge in [0.1, 0.15) is 5.57 Å². The number of aryl methyl sites for hydroxylation is 3. The first-order valence-electron chi connectivity index (χ1n) is 11.1. The maximum atomic E-state index is 13.4. The number of benzene rings is 2. The predicted octanol–water partition coefficient (Wildman–Crippen LogP) is 4.70. The SMILES string of the molecule is CCc1ccc(N2C(=O)C(=Cc3cc(C)n(-c4ccc(C)c([N+](=O)[O-])c4)c3C)C(=O)NC2=S)cc1. The van der Waals surface area contributed by atoms with Crippen LogP contribution in [0.15, 0.2) is 54.1 Å². The number of nitro benzene ring substituents is 1. The zero-order chi connectivity index (χ0) is 25.4. The van der Waals surface area contributed by atoms with Crippen LogP contribution in [0.3, 0.4) is 0 Å². The van der Waals surface area contributed by atoms with E-state index in [1.807, 2.05) is 43.5 Å². The quantitative estimate of drug-likeness (QED) is 0.185. The van der Waals surface area contributed by atoms with Crippen molar-refractivity contribution < 1.29 is 14.5 Å². The van der Waals surface area contributed by atoms with Crippen molar-refractivity contribution in [2.45, 2.75) is 34.1 Å². The third kappa shape index (κ3) is 4.38. The lowest BCUT2D eigenvalue weighted by molar-refractivity contribution is -0.385. The number of hydrogen-bond donors (Lipinski definition) is 1. The summed E-state index contributed by atoms with van der Waals surface area (Å²) in [5.74, 6) is -1.09. The molecule has 2 amide bonds. The fraction of sp³-hybridized carbons (Fsp3) is 0.192. The highest BCUT2D eigenvalue weighted by atomic mass is 32.1. The molecule has 0 aliphatic carbocycles. The zero-order valence-electron chi connectivity index (χ0n) is 19.8. The van der Waals surface area contributed by atoms with Crippen molar-refractivity contribution >= 4 is 46.6 Å². The lowest BCUT2D eigenvalue weighted by atomic mass is 10.1. The van der Waals surface area contributed by atoms with Crippen LogP contribution in [0.1, 0.15) is 35.0 Å². The summed E-state index contributed by atoms with van der Waals surface area (Å²) in [7, 11) is 0. The number of nitrogens with one attached hydrogen (secondary N) is 1. The predicted molar refractivity (Wildman–Crippen MR) is 139 cm³/mol. The Bertz CT molecular complexity index is 1420. The molecule has 1 saturated heterocycles. The average Bonchev–Trinajstić information content (AvgIpc) is 3.10. The molecule has 1 fully saturated rings. The molecule has 3 aromatic rings. The molecule has 178 valence electrons. The highest BCUT2D eigenvalue weighted by Gasteiger charge is 2.34. The summed E-state index contributed by atoms with van der Waals surface area (Å²) in [6, 6.07) is 14.3. The van der Waals surface area contributed by atoms with Gasteiger partial charge in [0, 0.05) is 23.0 Å². The van der Waals surface area contributed by atoms with Gasteiger partial charge in [-0.2, -0.15) is 0 Å². The smallest absolute Gasteiger partial charge is 0.274 e. The Morgan fingerprint density at radius 3 is 2.31 bits per heavy atom. The van der Waals surface area contributed by atoms with Gasteiger partial charge in [-0.3, -0.25) is 29.9 Å². The number of nitrogens with zero attached hydrogens (tertiary/aromatic N) is 3. The molecule has 35 heavy (non-hydrogen) atoms. The van der Waals surface area contributed by atoms with Crippen molar-refractivity contribution in [3.8, 4) is 5.69 Å². The number of carbonyl (C=O) groups excluding carboxylic acids is 2. The van der Waals surface area contributed by atoms with E-state index < -0.39 is 16.7 Å². The van der Waals surface area contributed by atoms with Crippen LogP contribution in [0.4, 0.5) is 11.4 Å². The van der Waals surface area contributed by atoms with Gasteiger partial charge in [-0.05, 0) is 80.9 Å². The van der Waals surface area contributed by atoms with Crippen LogP contribution >= 0.6 is 12.2 Å². The second-order valence-corrected chi connectivity index (χ2v) is 8.75. The Hall–Kier alpha value is -4.11. The van der Waals surface area contributed by atoms with Crippen LogP contribution in [0, 0.1) is 30.9 Å². The van der Waals surface area contributed by atoms with Gasteiger partial charge in [0.05, 0.1) is 16.3 Å². The van der Waals surface area contributed by atoms with Gasteiger partial charge in [-0.15, -0.1) is 0 Å². The second-order valence-electron chi connectivity index (χ2n) is 8.37. The molecule has 0 atom stereocenters. The fourth-order valence-electron chi connectivity index (χ4n) is 4.19. The van der Waals surface area contributed by atoms with Gasteiger partial charge in [0.15, 0.2) is 5.11 Å². The number of hydrogen-bond acceptors (Lipinski definition) is 5. The molecule has 1 aromatic heterocycles. The first kappa shape index (κ1) is 24.0. The molecular formula is C26H24N4O4S. The summed E-state index contributed by atoms with van der Waals surface area (Å²) < 4.78 is 1.86. The van der Waals surface area contributed by atoms with Crippen LogP contribution in [-0.2, 0) is 16.0 Å². The Balaban J connectivity index is 1.75. The zero-order valence-corrected chi connectivity index (χ0v) is 20.6. The minimum atomic E-state index is -0.572. The number of nitro groups is 1. The number of thiocarbonyl (C=S) groups is 1. The molecule has 4 rings (SSSR count). The topological polar surface area (TPSA) is 97.5 Å². The van der Waals surface area contributed by atoms with Gasteiger partial charge in [0.25, 0.3) is 17.5 Å². The second kappa shape index (κ2) is 9.27. The van der Waals surface area contributed by atoms with E-state index in [2.05, 4.69) is 5.32 Å². The monoisotopic (exact) mass is 488 g/mol. The largest absolute Gasteiger partial charge is 0.318 e. The molecule has 0 saturated carbocycles. The Kier molecular flexibility index (Phi) is 6.36. The summed E-state index contributed by atoms with van der Waals surface area (Å²) in [5.41, 5.74) is 5.05. The average molecular weight is 489 g/mol. The molecule has 0 bridgehead atoms. The van der Waals surface area contributed by atoms with Gasteiger partial charge >= 0.3 is 0 Å². The lowest BCUT2D eigenvalue weighted by Gasteiger charge is -2.29. The van der Waals surface area contributed by atoms with Gasteiger partial charge in [-0.1, -0.05) is 25.1 Å². The summed E-state index contributed by atoms with van der Waals surface area (Å²) in [6.45, 7) is 7.42. The highest BCUT2D eigenvalue weighted by Crippen LogP contribution is 2.28. The first-order valence-corrected chi connectivity index (χ1v) is 11.5. The van der Waals surface area contributed by atoms with Crippen LogP contribution < -0.4 is 10.2 Å². The van der Waals surface area contributed by atoms with E-state index in [4.69, 9.17) is 12.2 Å². The van der Waals surface area contributed by atoms with Crippen molar-refractivity contribution in [2.75, 3.05) is 4.90 Å². The maximum Gasteiger partial charge on any atom is 0.274 e. The number of rotatable bonds is 5. The van der Waals surface area contributed by atoms with Crippen LogP contribution in [0.5, 0.6) is 0 Å². The first-order chi connectivity index (χ1) is 16.6. The van der Waals surface area contributed by atoms with Crippen LogP contribution in [0.2, 0.25) is 0 Å². The molecule has 1 aliphatic rings. The molecule has 9 heteroatoms. The van der Waals surface area contributed by atoms with Gasteiger partial charge in [0.2, 0.25) is 0 Å². The Morgan fingerprint density at radius 1 is 1.03 bits per heavy atom. The molecule has 1 N–H and O–H groups in total. The molecule has 8 nitrogen and oxygen atoms in total. The summed E-state index contributed by atoms with van der Waals surface area (Å²) in [4.78, 5) is 38.4. The van der Waals surface area contributed by atoms with E-state index >= 15 is 0 Å². The molecule has 2 aromatic carbocycles. The molecule has 0 spiro atoms. The minimum Gasteiger partial charge on any atom is -0.318 e. The minimum absolute atomic E-state index is 0.0231. The summed E-state index contributed by atoms with van der Waals surface area (Å²) in [5, 5.41) is 14.0. The number of carbonyl (C=O) groups is 2. The molecule has 0 radical (unpaired) electrons. The van der Waals surface area contributed by atoms with Crippen molar-refractivity contribution in [3.63, 3.8) is 0 Å². The molecule has 0 unspecified atom stereocenters. The highest BCUT2D eigenvalue weighted by molar-refractivity contribution is 7.80. The Morgan fingerprint density at radius 2 is 1.69 bits per heavy atom. The van der Waals surface area contributed by atoms with E-state index in [1.54, 1.807) is 31.2 Å².